The van der Waals surface area contributed by atoms with Gasteiger partial charge in [-0.15, -0.1) is 0 Å². The quantitative estimate of drug-likeness (QED) is 0.805. The third kappa shape index (κ3) is 3.08. The average Bonchev–Trinajstić information content (AvgIpc) is 2.47. The number of hydrogen-bond donors (Lipinski definition) is 1. The first-order valence-corrected chi connectivity index (χ1v) is 5.30. The number of carbonyl (C=O) groups is 1. The van der Waals surface area contributed by atoms with Crippen molar-refractivity contribution < 1.29 is 9.90 Å². The molecule has 0 spiro atoms. The first kappa shape index (κ1) is 11.8. The second-order valence-corrected chi connectivity index (χ2v) is 4.10. The maximum atomic E-state index is 10.7. The number of carboxylic acids is 1. The molecular formula is C11H18N2O2. The molecule has 1 rings (SSSR count). The van der Waals surface area contributed by atoms with Crippen molar-refractivity contribution in [2.75, 3.05) is 0 Å². The molecule has 4 nitrogen and oxygen atoms in total. The number of carboxylic acid groups (broad SMARTS) is 1. The summed E-state index contributed by atoms with van der Waals surface area (Å²) < 4.78 is 1.89. The highest BCUT2D eigenvalue weighted by Gasteiger charge is 2.13. The van der Waals surface area contributed by atoms with Gasteiger partial charge in [0, 0.05) is 17.8 Å². The maximum absolute atomic E-state index is 10.7. The van der Waals surface area contributed by atoms with Gasteiger partial charge in [-0.3, -0.25) is 9.48 Å². The molecule has 0 unspecified atom stereocenters. The van der Waals surface area contributed by atoms with Crippen LogP contribution >= 0.6 is 0 Å². The Balaban J connectivity index is 2.94. The summed E-state index contributed by atoms with van der Waals surface area (Å²) in [6, 6.07) is 0. The number of rotatable bonds is 5. The molecular weight excluding hydrogens is 192 g/mol. The van der Waals surface area contributed by atoms with Crippen LogP contribution in [0.3, 0.4) is 0 Å². The molecule has 1 aromatic rings. The molecule has 0 aromatic carbocycles. The molecule has 0 saturated carbocycles. The van der Waals surface area contributed by atoms with Gasteiger partial charge >= 0.3 is 5.97 Å². The van der Waals surface area contributed by atoms with Gasteiger partial charge in [-0.1, -0.05) is 13.8 Å². The molecule has 0 radical (unpaired) electrons. The largest absolute Gasteiger partial charge is 0.481 e. The second kappa shape index (κ2) is 4.96. The Bertz CT molecular complexity index is 342. The third-order valence-electron chi connectivity index (χ3n) is 2.28. The lowest BCUT2D eigenvalue weighted by molar-refractivity contribution is -0.136. The minimum atomic E-state index is -0.796. The molecule has 1 heterocycles. The van der Waals surface area contributed by atoms with Crippen molar-refractivity contribution in [1.82, 2.24) is 9.78 Å². The molecule has 4 heteroatoms. The van der Waals surface area contributed by atoms with Crippen molar-refractivity contribution in [3.05, 3.63) is 17.5 Å². The van der Waals surface area contributed by atoms with Gasteiger partial charge in [0.1, 0.15) is 0 Å². The molecule has 0 bridgehead atoms. The fraction of sp³-hybridized carbons (Fsp3) is 0.636. The van der Waals surface area contributed by atoms with Crippen LogP contribution in [0.5, 0.6) is 0 Å². The summed E-state index contributed by atoms with van der Waals surface area (Å²) in [7, 11) is 0. The molecule has 84 valence electrons. The van der Waals surface area contributed by atoms with E-state index in [1.54, 1.807) is 6.20 Å². The Morgan fingerprint density at radius 1 is 1.60 bits per heavy atom. The molecule has 0 amide bonds. The van der Waals surface area contributed by atoms with Gasteiger partial charge in [0.2, 0.25) is 0 Å². The van der Waals surface area contributed by atoms with Crippen molar-refractivity contribution in [2.24, 2.45) is 5.92 Å². The Labute approximate surface area is 89.9 Å². The molecule has 0 aliphatic heterocycles. The van der Waals surface area contributed by atoms with Crippen LogP contribution < -0.4 is 0 Å². The van der Waals surface area contributed by atoms with Crippen molar-refractivity contribution in [3.63, 3.8) is 0 Å². The topological polar surface area (TPSA) is 55.1 Å². The van der Waals surface area contributed by atoms with Gasteiger partial charge < -0.3 is 5.11 Å². The van der Waals surface area contributed by atoms with Gasteiger partial charge in [-0.2, -0.15) is 5.10 Å². The highest BCUT2D eigenvalue weighted by Crippen LogP contribution is 2.14. The Morgan fingerprint density at radius 2 is 2.27 bits per heavy atom. The second-order valence-electron chi connectivity index (χ2n) is 4.10. The fourth-order valence-corrected chi connectivity index (χ4v) is 1.66. The van der Waals surface area contributed by atoms with Crippen LogP contribution in [0.2, 0.25) is 0 Å². The minimum absolute atomic E-state index is 0.0715. The minimum Gasteiger partial charge on any atom is -0.481 e. The van der Waals surface area contributed by atoms with Crippen molar-refractivity contribution in [1.29, 1.82) is 0 Å². The van der Waals surface area contributed by atoms with Crippen molar-refractivity contribution in [3.8, 4) is 0 Å². The zero-order valence-corrected chi connectivity index (χ0v) is 9.53. The van der Waals surface area contributed by atoms with Gasteiger partial charge in [-0.05, 0) is 19.3 Å². The van der Waals surface area contributed by atoms with E-state index in [2.05, 4.69) is 18.9 Å². The zero-order valence-electron chi connectivity index (χ0n) is 9.53. The number of aromatic nitrogens is 2. The van der Waals surface area contributed by atoms with E-state index >= 15 is 0 Å². The summed E-state index contributed by atoms with van der Waals surface area (Å²) in [4.78, 5) is 10.7. The maximum Gasteiger partial charge on any atom is 0.307 e. The summed E-state index contributed by atoms with van der Waals surface area (Å²) in [5, 5.41) is 13.0. The molecule has 0 aliphatic carbocycles. The monoisotopic (exact) mass is 210 g/mol. The van der Waals surface area contributed by atoms with Gasteiger partial charge in [-0.25, -0.2) is 0 Å². The third-order valence-corrected chi connectivity index (χ3v) is 2.28. The summed E-state index contributed by atoms with van der Waals surface area (Å²) in [5.74, 6) is -0.282. The normalized spacial score (nSPS) is 10.9. The molecule has 0 aliphatic rings. The predicted octanol–water partition coefficient (Wildman–Crippen LogP) is 1.73. The van der Waals surface area contributed by atoms with E-state index in [0.29, 0.717) is 5.92 Å². The molecule has 15 heavy (non-hydrogen) atoms. The van der Waals surface area contributed by atoms with Gasteiger partial charge in [0.05, 0.1) is 12.6 Å². The fourth-order valence-electron chi connectivity index (χ4n) is 1.66. The Kier molecular flexibility index (Phi) is 3.88. The van der Waals surface area contributed by atoms with E-state index in [4.69, 9.17) is 5.11 Å². The van der Waals surface area contributed by atoms with E-state index in [9.17, 15) is 4.79 Å². The lowest BCUT2D eigenvalue weighted by atomic mass is 10.0. The van der Waals surface area contributed by atoms with Gasteiger partial charge in [0.15, 0.2) is 0 Å². The van der Waals surface area contributed by atoms with Crippen molar-refractivity contribution >= 4 is 5.97 Å². The van der Waals surface area contributed by atoms with Crippen molar-refractivity contribution in [2.45, 2.75) is 40.2 Å². The van der Waals surface area contributed by atoms with Crippen LogP contribution in [0.25, 0.3) is 0 Å². The first-order chi connectivity index (χ1) is 7.04. The Hall–Kier alpha value is -1.32. The number of aryl methyl sites for hydroxylation is 1. The van der Waals surface area contributed by atoms with E-state index in [-0.39, 0.29) is 6.42 Å². The molecule has 0 fully saturated rings. The average molecular weight is 210 g/mol. The predicted molar refractivity (Wildman–Crippen MR) is 57.8 cm³/mol. The number of nitrogens with zero attached hydrogens (tertiary/aromatic N) is 2. The van der Waals surface area contributed by atoms with Crippen LogP contribution in [0.1, 0.15) is 32.0 Å². The number of hydrogen-bond acceptors (Lipinski definition) is 2. The van der Waals surface area contributed by atoms with Crippen LogP contribution in [-0.4, -0.2) is 20.9 Å². The van der Waals surface area contributed by atoms with Crippen LogP contribution in [0.15, 0.2) is 6.20 Å². The first-order valence-electron chi connectivity index (χ1n) is 5.30. The summed E-state index contributed by atoms with van der Waals surface area (Å²) in [6.45, 7) is 7.05. The SMILES string of the molecule is CCn1ncc(CC(=O)O)c1CC(C)C. The molecule has 1 N–H and O–H groups in total. The number of aliphatic carboxylic acids is 1. The van der Waals surface area contributed by atoms with Gasteiger partial charge in [0.25, 0.3) is 0 Å². The zero-order chi connectivity index (χ0) is 11.4. The van der Waals surface area contributed by atoms with E-state index in [1.807, 2.05) is 11.6 Å². The van der Waals surface area contributed by atoms with Crippen LogP contribution in [0.4, 0.5) is 0 Å². The molecule has 0 atom stereocenters. The highest BCUT2D eigenvalue weighted by atomic mass is 16.4. The molecule has 1 aromatic heterocycles. The van der Waals surface area contributed by atoms with E-state index < -0.39 is 5.97 Å². The van der Waals surface area contributed by atoms with E-state index in [0.717, 1.165) is 24.2 Å². The smallest absolute Gasteiger partial charge is 0.307 e. The Morgan fingerprint density at radius 3 is 2.73 bits per heavy atom. The van der Waals surface area contributed by atoms with Crippen LogP contribution in [-0.2, 0) is 24.2 Å². The lowest BCUT2D eigenvalue weighted by Crippen LogP contribution is -2.09. The lowest BCUT2D eigenvalue weighted by Gasteiger charge is -2.09. The highest BCUT2D eigenvalue weighted by molar-refractivity contribution is 5.70. The summed E-state index contributed by atoms with van der Waals surface area (Å²) in [6.07, 6.45) is 2.63. The summed E-state index contributed by atoms with van der Waals surface area (Å²) >= 11 is 0. The van der Waals surface area contributed by atoms with Crippen LogP contribution in [0, 0.1) is 5.92 Å². The molecule has 0 saturated heterocycles. The standard InChI is InChI=1S/C11H18N2O2/c1-4-13-10(5-8(2)3)9(7-12-13)6-11(14)15/h7-8H,4-6H2,1-3H3,(H,14,15). The van der Waals surface area contributed by atoms with E-state index in [1.165, 1.54) is 0 Å². The summed E-state index contributed by atoms with van der Waals surface area (Å²) in [5.41, 5.74) is 1.91.